The van der Waals surface area contributed by atoms with Crippen LogP contribution in [0.1, 0.15) is 55.4 Å². The van der Waals surface area contributed by atoms with E-state index < -0.39 is 40.8 Å². The molecule has 32 heavy (non-hydrogen) atoms. The normalized spacial score (nSPS) is 15.8. The van der Waals surface area contributed by atoms with Gasteiger partial charge in [0.2, 0.25) is 0 Å². The monoisotopic (exact) mass is 486 g/mol. The summed E-state index contributed by atoms with van der Waals surface area (Å²) in [5, 5.41) is -0.0925. The van der Waals surface area contributed by atoms with E-state index >= 15 is 0 Å². The molecule has 0 amide bonds. The zero-order valence-electron chi connectivity index (χ0n) is 22.3. The lowest BCUT2D eigenvalue weighted by atomic mass is 10.2. The van der Waals surface area contributed by atoms with E-state index in [0.29, 0.717) is 13.2 Å². The van der Waals surface area contributed by atoms with Crippen molar-refractivity contribution in [1.29, 1.82) is 0 Å². The molecule has 0 fully saturated rings. The number of hydrogen-bond donors (Lipinski definition) is 0. The van der Waals surface area contributed by atoms with Crippen LogP contribution in [0.3, 0.4) is 0 Å². The molecule has 0 heterocycles. The summed E-state index contributed by atoms with van der Waals surface area (Å²) in [6, 6.07) is 0. The average Bonchev–Trinajstić information content (AvgIpc) is 2.60. The maximum absolute atomic E-state index is 12.1. The van der Waals surface area contributed by atoms with E-state index in [-0.39, 0.29) is 10.1 Å². The van der Waals surface area contributed by atoms with Crippen LogP contribution in [0.4, 0.5) is 0 Å². The number of carbonyl (C=O) groups excluding carboxylic acids is 2. The van der Waals surface area contributed by atoms with Gasteiger partial charge >= 0.3 is 11.9 Å². The van der Waals surface area contributed by atoms with E-state index in [1.54, 1.807) is 26.0 Å². The molecule has 0 saturated heterocycles. The van der Waals surface area contributed by atoms with Crippen molar-refractivity contribution in [1.82, 2.24) is 0 Å². The number of rotatable bonds is 11. The van der Waals surface area contributed by atoms with Crippen LogP contribution in [0.2, 0.25) is 36.3 Å². The molecule has 0 N–H and O–H groups in total. The Morgan fingerprint density at radius 3 is 1.19 bits per heavy atom. The van der Waals surface area contributed by atoms with E-state index in [1.807, 2.05) is 0 Å². The first kappa shape index (κ1) is 30.8. The molecule has 0 unspecified atom stereocenters. The highest BCUT2D eigenvalue weighted by atomic mass is 28.4. The Labute approximate surface area is 198 Å². The molecule has 2 atom stereocenters. The van der Waals surface area contributed by atoms with Gasteiger partial charge in [0.05, 0.1) is 25.4 Å². The van der Waals surface area contributed by atoms with Crippen molar-refractivity contribution in [2.24, 2.45) is 0 Å². The minimum Gasteiger partial charge on any atom is -0.463 e. The van der Waals surface area contributed by atoms with Crippen molar-refractivity contribution >= 4 is 28.6 Å². The number of hydrogen-bond acceptors (Lipinski definition) is 6. The lowest BCUT2D eigenvalue weighted by Gasteiger charge is -2.43. The Kier molecular flexibility index (Phi) is 11.8. The van der Waals surface area contributed by atoms with E-state index in [1.165, 1.54) is 12.2 Å². The van der Waals surface area contributed by atoms with Crippen LogP contribution < -0.4 is 0 Å². The van der Waals surface area contributed by atoms with E-state index in [4.69, 9.17) is 18.3 Å². The Hall–Kier alpha value is -1.23. The third kappa shape index (κ3) is 10.1. The second-order valence-electron chi connectivity index (χ2n) is 10.9. The van der Waals surface area contributed by atoms with Gasteiger partial charge in [-0.1, -0.05) is 41.5 Å². The molecule has 0 saturated carbocycles. The molecule has 0 radical (unpaired) electrons. The summed E-state index contributed by atoms with van der Waals surface area (Å²) in [4.78, 5) is 24.1. The zero-order chi connectivity index (χ0) is 25.4. The van der Waals surface area contributed by atoms with Gasteiger partial charge in [-0.15, -0.1) is 0 Å². The molecule has 0 rings (SSSR count). The quantitative estimate of drug-likeness (QED) is 0.202. The first-order chi connectivity index (χ1) is 14.4. The zero-order valence-corrected chi connectivity index (χ0v) is 24.3. The van der Waals surface area contributed by atoms with E-state index in [0.717, 1.165) is 0 Å². The van der Waals surface area contributed by atoms with Gasteiger partial charge in [-0.25, -0.2) is 9.59 Å². The molecule has 0 aromatic rings. The lowest BCUT2D eigenvalue weighted by Crippen LogP contribution is -2.51. The third-order valence-corrected chi connectivity index (χ3v) is 15.2. The highest BCUT2D eigenvalue weighted by Crippen LogP contribution is 2.40. The van der Waals surface area contributed by atoms with Crippen LogP contribution in [-0.2, 0) is 27.9 Å². The van der Waals surface area contributed by atoms with Gasteiger partial charge in [-0.05, 0) is 62.3 Å². The van der Waals surface area contributed by atoms with Gasteiger partial charge in [-0.3, -0.25) is 0 Å². The summed E-state index contributed by atoms with van der Waals surface area (Å²) in [6.07, 6.45) is 5.07. The van der Waals surface area contributed by atoms with Crippen LogP contribution in [0.25, 0.3) is 0 Å². The van der Waals surface area contributed by atoms with Gasteiger partial charge in [-0.2, -0.15) is 0 Å². The van der Waals surface area contributed by atoms with Crippen molar-refractivity contribution in [2.45, 2.75) is 104 Å². The van der Waals surface area contributed by atoms with Crippen molar-refractivity contribution < 1.29 is 27.9 Å². The molecular formula is C24H46O6Si2. The molecule has 0 bridgehead atoms. The third-order valence-electron chi connectivity index (χ3n) is 6.21. The maximum Gasteiger partial charge on any atom is 0.330 e. The Morgan fingerprint density at radius 1 is 0.688 bits per heavy atom. The fourth-order valence-corrected chi connectivity index (χ4v) is 4.69. The van der Waals surface area contributed by atoms with E-state index in [9.17, 15) is 9.59 Å². The predicted octanol–water partition coefficient (Wildman–Crippen LogP) is 6.01. The molecular weight excluding hydrogens is 440 g/mol. The van der Waals surface area contributed by atoms with Gasteiger partial charge in [0.25, 0.3) is 0 Å². The average molecular weight is 487 g/mol. The molecule has 0 aliphatic rings. The lowest BCUT2D eigenvalue weighted by molar-refractivity contribution is -0.138. The van der Waals surface area contributed by atoms with Crippen LogP contribution in [0, 0.1) is 0 Å². The highest BCUT2D eigenvalue weighted by molar-refractivity contribution is 6.74. The molecule has 0 spiro atoms. The molecule has 6 nitrogen and oxygen atoms in total. The summed E-state index contributed by atoms with van der Waals surface area (Å²) < 4.78 is 23.5. The van der Waals surface area contributed by atoms with Crippen molar-refractivity contribution in [3.63, 3.8) is 0 Å². The fourth-order valence-electron chi connectivity index (χ4n) is 2.19. The van der Waals surface area contributed by atoms with Gasteiger partial charge in [0.1, 0.15) is 0 Å². The van der Waals surface area contributed by atoms with Crippen molar-refractivity contribution in [2.75, 3.05) is 13.2 Å². The summed E-state index contributed by atoms with van der Waals surface area (Å²) in [7, 11) is -4.46. The summed E-state index contributed by atoms with van der Waals surface area (Å²) in [5.41, 5.74) is 0. The van der Waals surface area contributed by atoms with Crippen LogP contribution >= 0.6 is 0 Å². The minimum atomic E-state index is -2.23. The minimum absolute atomic E-state index is 0.0462. The molecule has 0 aromatic carbocycles. The summed E-state index contributed by atoms with van der Waals surface area (Å²) >= 11 is 0. The number of esters is 2. The van der Waals surface area contributed by atoms with Crippen LogP contribution in [-0.4, -0.2) is 54.0 Å². The fraction of sp³-hybridized carbons (Fsp3) is 0.750. The Bertz CT molecular complexity index is 611. The second-order valence-corrected chi connectivity index (χ2v) is 20.4. The molecule has 8 heteroatoms. The molecule has 0 aliphatic heterocycles. The highest BCUT2D eigenvalue weighted by Gasteiger charge is 2.43. The topological polar surface area (TPSA) is 71.1 Å². The molecule has 0 aliphatic carbocycles. The smallest absolute Gasteiger partial charge is 0.330 e. The van der Waals surface area contributed by atoms with Crippen molar-refractivity contribution in [3.8, 4) is 0 Å². The van der Waals surface area contributed by atoms with Crippen LogP contribution in [0.5, 0.6) is 0 Å². The van der Waals surface area contributed by atoms with Gasteiger partial charge < -0.3 is 18.3 Å². The summed E-state index contributed by atoms with van der Waals surface area (Å²) in [5.74, 6) is -0.867. The predicted molar refractivity (Wildman–Crippen MR) is 136 cm³/mol. The first-order valence-corrected chi connectivity index (χ1v) is 17.2. The standard InChI is InChI=1S/C24H46O6Si2/c1-13-27-21(25)17-15-19(29-31(9,10)23(3,4)5)20(16-18-22(26)28-14-2)30-32(11,12)24(6,7)8/h15-20H,13-14H2,1-12H3/b17-15+,18-16+/t19-,20-/m0/s1. The van der Waals surface area contributed by atoms with Gasteiger partial charge in [0.15, 0.2) is 16.6 Å². The number of carbonyl (C=O) groups is 2. The second kappa shape index (κ2) is 12.3. The molecule has 186 valence electrons. The Balaban J connectivity index is 6.32. The SMILES string of the molecule is CCOC(=O)/C=C/[C@H](O[Si](C)(C)C(C)(C)C)[C@H](/C=C/C(=O)OCC)O[Si](C)(C)C(C)(C)C. The van der Waals surface area contributed by atoms with E-state index in [2.05, 4.69) is 67.7 Å². The summed E-state index contributed by atoms with van der Waals surface area (Å²) in [6.45, 7) is 25.7. The van der Waals surface area contributed by atoms with Crippen molar-refractivity contribution in [3.05, 3.63) is 24.3 Å². The first-order valence-electron chi connectivity index (χ1n) is 11.4. The maximum atomic E-state index is 12.1. The molecule has 0 aromatic heterocycles. The largest absolute Gasteiger partial charge is 0.463 e. The number of ether oxygens (including phenoxy) is 2. The van der Waals surface area contributed by atoms with Crippen LogP contribution in [0.15, 0.2) is 24.3 Å². The van der Waals surface area contributed by atoms with Gasteiger partial charge in [0, 0.05) is 12.2 Å². The Morgan fingerprint density at radius 2 is 0.969 bits per heavy atom.